The van der Waals surface area contributed by atoms with Crippen molar-refractivity contribution in [3.05, 3.63) is 72.1 Å². The lowest BCUT2D eigenvalue weighted by molar-refractivity contribution is -0.126. The monoisotopic (exact) mass is 366 g/mol. The predicted octanol–water partition coefficient (Wildman–Crippen LogP) is 1.12. The van der Waals surface area contributed by atoms with Gasteiger partial charge >= 0.3 is 0 Å². The normalized spacial score (nSPS) is 16.8. The maximum absolute atomic E-state index is 12.6. The Hall–Kier alpha value is -3.48. The van der Waals surface area contributed by atoms with Crippen LogP contribution < -0.4 is 26.0 Å². The number of carbonyl (C=O) groups excluding carboxylic acids is 2. The first kappa shape index (κ1) is 18.3. The Labute approximate surface area is 157 Å². The fourth-order valence-corrected chi connectivity index (χ4v) is 2.74. The number of benzene rings is 2. The van der Waals surface area contributed by atoms with Crippen LogP contribution in [0.2, 0.25) is 0 Å². The van der Waals surface area contributed by atoms with Crippen molar-refractivity contribution in [2.45, 2.75) is 12.6 Å². The Morgan fingerprint density at radius 2 is 1.93 bits per heavy atom. The number of hydrogen-bond donors (Lipinski definition) is 3. The van der Waals surface area contributed by atoms with E-state index in [4.69, 9.17) is 10.5 Å². The van der Waals surface area contributed by atoms with E-state index in [1.165, 1.54) is 11.1 Å². The van der Waals surface area contributed by atoms with Gasteiger partial charge in [0.05, 0.1) is 5.69 Å². The van der Waals surface area contributed by atoms with Crippen LogP contribution in [-0.2, 0) is 16.1 Å². The van der Waals surface area contributed by atoms with Gasteiger partial charge in [-0.25, -0.2) is 0 Å². The summed E-state index contributed by atoms with van der Waals surface area (Å²) < 4.78 is 5.67. The molecule has 0 fully saturated rings. The molecule has 1 aliphatic heterocycles. The first-order valence-electron chi connectivity index (χ1n) is 8.59. The number of nitrogens with zero attached hydrogens (tertiary/aromatic N) is 1. The van der Waals surface area contributed by atoms with Crippen LogP contribution in [0.3, 0.4) is 0 Å². The summed E-state index contributed by atoms with van der Waals surface area (Å²) in [6.07, 6.45) is 1.43. The lowest BCUT2D eigenvalue weighted by atomic mass is 10.2. The van der Waals surface area contributed by atoms with Gasteiger partial charge in [-0.3, -0.25) is 9.59 Å². The van der Waals surface area contributed by atoms with Crippen molar-refractivity contribution < 1.29 is 14.3 Å². The first-order chi connectivity index (χ1) is 13.1. The molecule has 7 heteroatoms. The summed E-state index contributed by atoms with van der Waals surface area (Å²) in [5, 5.41) is 5.63. The van der Waals surface area contributed by atoms with Crippen LogP contribution >= 0.6 is 0 Å². The molecule has 2 amide bonds. The number of nitrogens with two attached hydrogens (primary N) is 1. The van der Waals surface area contributed by atoms with E-state index in [0.717, 1.165) is 5.56 Å². The Kier molecular flexibility index (Phi) is 5.61. The highest BCUT2D eigenvalue weighted by Crippen LogP contribution is 2.29. The van der Waals surface area contributed by atoms with Crippen LogP contribution in [0.1, 0.15) is 5.56 Å². The number of ether oxygens (including phenoxy) is 1. The molecule has 0 bridgehead atoms. The quantitative estimate of drug-likeness (QED) is 0.689. The van der Waals surface area contributed by atoms with Crippen molar-refractivity contribution >= 4 is 17.5 Å². The third kappa shape index (κ3) is 4.38. The number of para-hydroxylation sites is 2. The van der Waals surface area contributed by atoms with E-state index < -0.39 is 11.9 Å². The van der Waals surface area contributed by atoms with Gasteiger partial charge in [0.25, 0.3) is 11.8 Å². The van der Waals surface area contributed by atoms with Crippen LogP contribution in [-0.4, -0.2) is 31.5 Å². The summed E-state index contributed by atoms with van der Waals surface area (Å²) in [6, 6.07) is 16.1. The van der Waals surface area contributed by atoms with E-state index in [1.54, 1.807) is 19.2 Å². The Morgan fingerprint density at radius 1 is 1.22 bits per heavy atom. The smallest absolute Gasteiger partial charge is 0.269 e. The number of fused-ring (bicyclic) bond motifs is 1. The number of nitrogens with one attached hydrogen (secondary N) is 2. The minimum Gasteiger partial charge on any atom is -0.489 e. The van der Waals surface area contributed by atoms with Crippen molar-refractivity contribution in [1.29, 1.82) is 0 Å². The molecule has 4 N–H and O–H groups in total. The predicted molar refractivity (Wildman–Crippen MR) is 103 cm³/mol. The maximum atomic E-state index is 12.6. The third-order valence-electron chi connectivity index (χ3n) is 4.23. The molecule has 2 aromatic carbocycles. The van der Waals surface area contributed by atoms with Gasteiger partial charge in [0.1, 0.15) is 24.1 Å². The van der Waals surface area contributed by atoms with Gasteiger partial charge in [0, 0.05) is 19.8 Å². The van der Waals surface area contributed by atoms with E-state index in [0.29, 0.717) is 18.0 Å². The molecule has 2 aromatic rings. The van der Waals surface area contributed by atoms with Gasteiger partial charge in [-0.1, -0.05) is 42.5 Å². The van der Waals surface area contributed by atoms with E-state index in [9.17, 15) is 9.59 Å². The minimum atomic E-state index is -0.823. The molecule has 0 unspecified atom stereocenters. The van der Waals surface area contributed by atoms with Gasteiger partial charge < -0.3 is 26.0 Å². The second kappa shape index (κ2) is 8.27. The molecule has 1 atom stereocenters. The van der Waals surface area contributed by atoms with Crippen molar-refractivity contribution in [1.82, 2.24) is 10.6 Å². The molecular formula is C20H22N4O3. The minimum absolute atomic E-state index is 0.0110. The Bertz CT molecular complexity index is 851. The fourth-order valence-electron chi connectivity index (χ4n) is 2.74. The second-order valence-corrected chi connectivity index (χ2v) is 6.17. The molecule has 140 valence electrons. The summed E-state index contributed by atoms with van der Waals surface area (Å²) in [7, 11) is 1.65. The van der Waals surface area contributed by atoms with Crippen LogP contribution in [0, 0.1) is 0 Å². The van der Waals surface area contributed by atoms with Gasteiger partial charge in [0.2, 0.25) is 0 Å². The molecular weight excluding hydrogens is 344 g/mol. The van der Waals surface area contributed by atoms with E-state index in [-0.39, 0.29) is 18.2 Å². The van der Waals surface area contributed by atoms with Crippen LogP contribution in [0.4, 0.5) is 5.69 Å². The number of anilines is 1. The zero-order valence-electron chi connectivity index (χ0n) is 15.0. The molecule has 1 heterocycles. The highest BCUT2D eigenvalue weighted by atomic mass is 16.5. The zero-order chi connectivity index (χ0) is 19.2. The maximum Gasteiger partial charge on any atom is 0.269 e. The number of rotatable bonds is 5. The van der Waals surface area contributed by atoms with Gasteiger partial charge in [-0.05, 0) is 17.7 Å². The molecule has 3 rings (SSSR count). The summed E-state index contributed by atoms with van der Waals surface area (Å²) in [5.41, 5.74) is 7.53. The average molecular weight is 366 g/mol. The molecule has 0 aliphatic carbocycles. The van der Waals surface area contributed by atoms with Crippen LogP contribution in [0.5, 0.6) is 5.75 Å². The summed E-state index contributed by atoms with van der Waals surface area (Å²) in [6.45, 7) is 0.578. The SMILES string of the molecule is CN1C(=O)[C@@H](NC(=O)/C(N)=C/NCc2ccccc2)COc2ccccc21. The highest BCUT2D eigenvalue weighted by molar-refractivity contribution is 6.02. The topological polar surface area (TPSA) is 96.7 Å². The highest BCUT2D eigenvalue weighted by Gasteiger charge is 2.30. The summed E-state index contributed by atoms with van der Waals surface area (Å²) in [4.78, 5) is 26.4. The Balaban J connectivity index is 1.60. The first-order valence-corrected chi connectivity index (χ1v) is 8.59. The molecule has 0 radical (unpaired) electrons. The molecule has 27 heavy (non-hydrogen) atoms. The zero-order valence-corrected chi connectivity index (χ0v) is 15.0. The summed E-state index contributed by atoms with van der Waals surface area (Å²) in [5.74, 6) is -0.201. The second-order valence-electron chi connectivity index (χ2n) is 6.17. The molecule has 0 spiro atoms. The third-order valence-corrected chi connectivity index (χ3v) is 4.23. The van der Waals surface area contributed by atoms with Gasteiger partial charge in [-0.15, -0.1) is 0 Å². The summed E-state index contributed by atoms with van der Waals surface area (Å²) >= 11 is 0. The Morgan fingerprint density at radius 3 is 2.70 bits per heavy atom. The average Bonchev–Trinajstić information content (AvgIpc) is 2.81. The molecule has 0 aromatic heterocycles. The van der Waals surface area contributed by atoms with Crippen molar-refractivity contribution in [3.63, 3.8) is 0 Å². The van der Waals surface area contributed by atoms with Crippen molar-refractivity contribution in [2.24, 2.45) is 5.73 Å². The number of amides is 2. The van der Waals surface area contributed by atoms with E-state index >= 15 is 0 Å². The van der Waals surface area contributed by atoms with Crippen LogP contribution in [0.15, 0.2) is 66.5 Å². The lowest BCUT2D eigenvalue weighted by Gasteiger charge is -2.20. The molecule has 1 aliphatic rings. The standard InChI is InChI=1S/C20H22N4O3/c1-24-17-9-5-6-10-18(17)27-13-16(20(24)26)23-19(25)15(21)12-22-11-14-7-3-2-4-8-14/h2-10,12,16,22H,11,13,21H2,1H3,(H,23,25)/b15-12-/t16-/m0/s1. The molecule has 0 saturated carbocycles. The van der Waals surface area contributed by atoms with Crippen LogP contribution in [0.25, 0.3) is 0 Å². The van der Waals surface area contributed by atoms with Crippen molar-refractivity contribution in [3.8, 4) is 5.75 Å². The lowest BCUT2D eigenvalue weighted by Crippen LogP contribution is -2.50. The van der Waals surface area contributed by atoms with Gasteiger partial charge in [-0.2, -0.15) is 0 Å². The fraction of sp³-hybridized carbons (Fsp3) is 0.200. The molecule has 0 saturated heterocycles. The molecule has 7 nitrogen and oxygen atoms in total. The van der Waals surface area contributed by atoms with Gasteiger partial charge in [0.15, 0.2) is 0 Å². The van der Waals surface area contributed by atoms with Crippen molar-refractivity contribution in [2.75, 3.05) is 18.6 Å². The number of hydrogen-bond acceptors (Lipinski definition) is 5. The van der Waals surface area contributed by atoms with E-state index in [1.807, 2.05) is 42.5 Å². The number of carbonyl (C=O) groups is 2. The number of likely N-dealkylation sites (N-methyl/N-ethyl adjacent to an activating group) is 1. The van der Waals surface area contributed by atoms with E-state index in [2.05, 4.69) is 10.6 Å². The largest absolute Gasteiger partial charge is 0.489 e.